The van der Waals surface area contributed by atoms with Gasteiger partial charge in [-0.25, -0.2) is 0 Å². The molecule has 1 aromatic heterocycles. The minimum Gasteiger partial charge on any atom is -0.369 e. The molecule has 1 aromatic rings. The van der Waals surface area contributed by atoms with Crippen LogP contribution in [-0.4, -0.2) is 11.0 Å². The van der Waals surface area contributed by atoms with Crippen LogP contribution in [0.4, 0.5) is 5.69 Å². The molecule has 3 nitrogen and oxygen atoms in total. The Bertz CT molecular complexity index is 250. The minimum absolute atomic E-state index is 0.167. The van der Waals surface area contributed by atoms with Crippen molar-refractivity contribution >= 4 is 5.69 Å². The summed E-state index contributed by atoms with van der Waals surface area (Å²) in [6.45, 7) is 1.80. The van der Waals surface area contributed by atoms with Crippen molar-refractivity contribution in [1.29, 1.82) is 5.26 Å². The second-order valence-electron chi connectivity index (χ2n) is 2.24. The molecular formula is C8H9N3. The fourth-order valence-electron chi connectivity index (χ4n) is 0.730. The first-order valence-electron chi connectivity index (χ1n) is 3.39. The third-order valence-electron chi connectivity index (χ3n) is 1.24. The van der Waals surface area contributed by atoms with Crippen LogP contribution < -0.4 is 5.32 Å². The predicted molar refractivity (Wildman–Crippen MR) is 42.9 cm³/mol. The van der Waals surface area contributed by atoms with Crippen LogP contribution in [0.1, 0.15) is 6.92 Å². The molecule has 0 aliphatic carbocycles. The average molecular weight is 147 g/mol. The number of hydrogen-bond acceptors (Lipinski definition) is 3. The van der Waals surface area contributed by atoms with Gasteiger partial charge in [0.15, 0.2) is 0 Å². The highest BCUT2D eigenvalue weighted by Gasteiger charge is 1.96. The van der Waals surface area contributed by atoms with Crippen LogP contribution in [0.15, 0.2) is 24.5 Å². The molecular weight excluding hydrogens is 138 g/mol. The molecule has 3 heteroatoms. The Labute approximate surface area is 65.7 Å². The summed E-state index contributed by atoms with van der Waals surface area (Å²) >= 11 is 0. The summed E-state index contributed by atoms with van der Waals surface area (Å²) in [5, 5.41) is 11.4. The maximum atomic E-state index is 8.46. The lowest BCUT2D eigenvalue weighted by molar-refractivity contribution is 1.01. The van der Waals surface area contributed by atoms with Gasteiger partial charge >= 0.3 is 0 Å². The number of hydrogen-bond donors (Lipinski definition) is 1. The van der Waals surface area contributed by atoms with Gasteiger partial charge < -0.3 is 5.32 Å². The first kappa shape index (κ1) is 7.55. The van der Waals surface area contributed by atoms with Gasteiger partial charge in [-0.3, -0.25) is 4.98 Å². The van der Waals surface area contributed by atoms with E-state index in [0.717, 1.165) is 5.69 Å². The monoisotopic (exact) mass is 147 g/mol. The summed E-state index contributed by atoms with van der Waals surface area (Å²) in [4.78, 5) is 3.90. The first-order valence-corrected chi connectivity index (χ1v) is 3.39. The van der Waals surface area contributed by atoms with Gasteiger partial charge in [-0.05, 0) is 19.1 Å². The topological polar surface area (TPSA) is 48.7 Å². The Morgan fingerprint density at radius 3 is 3.09 bits per heavy atom. The van der Waals surface area contributed by atoms with Crippen LogP contribution in [0.2, 0.25) is 0 Å². The molecule has 56 valence electrons. The van der Waals surface area contributed by atoms with E-state index in [1.165, 1.54) is 0 Å². The molecule has 0 saturated heterocycles. The summed E-state index contributed by atoms with van der Waals surface area (Å²) in [5.74, 6) is 0. The van der Waals surface area contributed by atoms with Crippen LogP contribution in [0.5, 0.6) is 0 Å². The van der Waals surface area contributed by atoms with Crippen molar-refractivity contribution in [3.63, 3.8) is 0 Å². The third-order valence-corrected chi connectivity index (χ3v) is 1.24. The van der Waals surface area contributed by atoms with Crippen LogP contribution in [0.3, 0.4) is 0 Å². The van der Waals surface area contributed by atoms with Crippen molar-refractivity contribution in [3.05, 3.63) is 24.5 Å². The fraction of sp³-hybridized carbons (Fsp3) is 0.250. The maximum absolute atomic E-state index is 8.46. The fourth-order valence-corrected chi connectivity index (χ4v) is 0.730. The number of nitrogens with zero attached hydrogens (tertiary/aromatic N) is 2. The van der Waals surface area contributed by atoms with Gasteiger partial charge in [0.2, 0.25) is 0 Å². The van der Waals surface area contributed by atoms with E-state index < -0.39 is 0 Å². The molecule has 0 amide bonds. The van der Waals surface area contributed by atoms with E-state index in [2.05, 4.69) is 16.4 Å². The van der Waals surface area contributed by atoms with Crippen molar-refractivity contribution in [1.82, 2.24) is 4.98 Å². The SMILES string of the molecule is CC(C#N)Nc1cccnc1. The second kappa shape index (κ2) is 3.57. The first-order chi connectivity index (χ1) is 5.33. The van der Waals surface area contributed by atoms with E-state index in [9.17, 15) is 0 Å². The Kier molecular flexibility index (Phi) is 2.45. The van der Waals surface area contributed by atoms with Gasteiger partial charge in [0.05, 0.1) is 11.8 Å². The van der Waals surface area contributed by atoms with Crippen LogP contribution in [0.25, 0.3) is 0 Å². The third kappa shape index (κ3) is 2.26. The second-order valence-corrected chi connectivity index (χ2v) is 2.24. The summed E-state index contributed by atoms with van der Waals surface area (Å²) in [6, 6.07) is 5.61. The van der Waals surface area contributed by atoms with E-state index in [4.69, 9.17) is 5.26 Å². The summed E-state index contributed by atoms with van der Waals surface area (Å²) < 4.78 is 0. The summed E-state index contributed by atoms with van der Waals surface area (Å²) in [7, 11) is 0. The van der Waals surface area contributed by atoms with E-state index in [-0.39, 0.29) is 6.04 Å². The summed E-state index contributed by atoms with van der Waals surface area (Å²) in [6.07, 6.45) is 3.38. The van der Waals surface area contributed by atoms with Gasteiger partial charge in [-0.2, -0.15) is 5.26 Å². The zero-order valence-electron chi connectivity index (χ0n) is 6.28. The number of pyridine rings is 1. The Morgan fingerprint density at radius 2 is 2.55 bits per heavy atom. The molecule has 0 bridgehead atoms. The van der Waals surface area contributed by atoms with Crippen LogP contribution in [0, 0.1) is 11.3 Å². The molecule has 0 aromatic carbocycles. The van der Waals surface area contributed by atoms with Gasteiger partial charge in [0.1, 0.15) is 6.04 Å². The largest absolute Gasteiger partial charge is 0.369 e. The minimum atomic E-state index is -0.167. The van der Waals surface area contributed by atoms with E-state index in [1.54, 1.807) is 19.3 Å². The average Bonchev–Trinajstić information content (AvgIpc) is 2.06. The number of nitriles is 1. The van der Waals surface area contributed by atoms with Crippen molar-refractivity contribution in [2.24, 2.45) is 0 Å². The van der Waals surface area contributed by atoms with E-state index in [1.807, 2.05) is 12.1 Å². The lowest BCUT2D eigenvalue weighted by Crippen LogP contribution is -2.11. The highest BCUT2D eigenvalue weighted by Crippen LogP contribution is 2.03. The molecule has 0 spiro atoms. The number of nitrogens with one attached hydrogen (secondary N) is 1. The zero-order valence-corrected chi connectivity index (χ0v) is 6.28. The molecule has 1 rings (SSSR count). The molecule has 0 radical (unpaired) electrons. The normalized spacial score (nSPS) is 11.6. The predicted octanol–water partition coefficient (Wildman–Crippen LogP) is 1.41. The number of aromatic nitrogens is 1. The molecule has 0 aliphatic rings. The molecule has 1 heterocycles. The van der Waals surface area contributed by atoms with Crippen LogP contribution >= 0.6 is 0 Å². The Morgan fingerprint density at radius 1 is 1.73 bits per heavy atom. The standard InChI is InChI=1S/C8H9N3/c1-7(5-9)11-8-3-2-4-10-6-8/h2-4,6-7,11H,1H3. The molecule has 0 saturated carbocycles. The molecule has 0 fully saturated rings. The molecule has 11 heavy (non-hydrogen) atoms. The van der Waals surface area contributed by atoms with Crippen molar-refractivity contribution < 1.29 is 0 Å². The Balaban J connectivity index is 2.60. The highest BCUT2D eigenvalue weighted by atomic mass is 14.9. The van der Waals surface area contributed by atoms with Gasteiger partial charge in [0.25, 0.3) is 0 Å². The van der Waals surface area contributed by atoms with Crippen molar-refractivity contribution in [3.8, 4) is 6.07 Å². The van der Waals surface area contributed by atoms with Gasteiger partial charge in [-0.1, -0.05) is 0 Å². The zero-order chi connectivity index (χ0) is 8.10. The quantitative estimate of drug-likeness (QED) is 0.688. The van der Waals surface area contributed by atoms with Crippen molar-refractivity contribution in [2.75, 3.05) is 5.32 Å². The van der Waals surface area contributed by atoms with Gasteiger partial charge in [0, 0.05) is 12.4 Å². The van der Waals surface area contributed by atoms with E-state index >= 15 is 0 Å². The lowest BCUT2D eigenvalue weighted by atomic mass is 10.3. The maximum Gasteiger partial charge on any atom is 0.111 e. The summed E-state index contributed by atoms with van der Waals surface area (Å²) in [5.41, 5.74) is 0.876. The number of anilines is 1. The molecule has 1 unspecified atom stereocenters. The smallest absolute Gasteiger partial charge is 0.111 e. The highest BCUT2D eigenvalue weighted by molar-refractivity contribution is 5.41. The molecule has 0 aliphatic heterocycles. The number of rotatable bonds is 2. The Hall–Kier alpha value is -1.56. The molecule has 1 N–H and O–H groups in total. The molecule has 1 atom stereocenters. The van der Waals surface area contributed by atoms with Gasteiger partial charge in [-0.15, -0.1) is 0 Å². The lowest BCUT2D eigenvalue weighted by Gasteiger charge is -2.05. The van der Waals surface area contributed by atoms with Crippen molar-refractivity contribution in [2.45, 2.75) is 13.0 Å². The van der Waals surface area contributed by atoms with E-state index in [0.29, 0.717) is 0 Å². The van der Waals surface area contributed by atoms with Crippen LogP contribution in [-0.2, 0) is 0 Å².